The first-order valence-electron chi connectivity index (χ1n) is 9.73. The molecular formula is C25H23ClO5. The van der Waals surface area contributed by atoms with Crippen LogP contribution in [0.15, 0.2) is 77.6 Å². The third-order valence-corrected chi connectivity index (χ3v) is 4.45. The Morgan fingerprint density at radius 3 is 2.65 bits per heavy atom. The smallest absolute Gasteiger partial charge is 0.330 e. The lowest BCUT2D eigenvalue weighted by atomic mass is 10.1. The van der Waals surface area contributed by atoms with Crippen LogP contribution in [0.4, 0.5) is 0 Å². The lowest BCUT2D eigenvalue weighted by molar-refractivity contribution is -0.137. The molecule has 0 atom stereocenters. The van der Waals surface area contributed by atoms with Gasteiger partial charge in [0.2, 0.25) is 5.75 Å². The van der Waals surface area contributed by atoms with E-state index in [1.165, 1.54) is 12.3 Å². The first kappa shape index (κ1) is 22.2. The summed E-state index contributed by atoms with van der Waals surface area (Å²) in [5.74, 6) is 0.393. The van der Waals surface area contributed by atoms with Gasteiger partial charge in [-0.05, 0) is 55.8 Å². The molecule has 0 aliphatic rings. The molecule has 0 aliphatic heterocycles. The van der Waals surface area contributed by atoms with E-state index in [1.54, 1.807) is 37.5 Å². The van der Waals surface area contributed by atoms with E-state index in [1.807, 2.05) is 31.2 Å². The summed E-state index contributed by atoms with van der Waals surface area (Å²) in [7, 11) is 0. The quantitative estimate of drug-likeness (QED) is 0.161. The Kier molecular flexibility index (Phi) is 7.57. The van der Waals surface area contributed by atoms with Crippen LogP contribution in [0.1, 0.15) is 25.0 Å². The fraction of sp³-hybridized carbons (Fsp3) is 0.160. The SMILES string of the molecule is C=C(C)C=COc1c(OCc2ccc(Cl)cc2)c(/C=C/C(=O)OCC)cc2ccoc12. The van der Waals surface area contributed by atoms with Crippen molar-refractivity contribution in [1.29, 1.82) is 0 Å². The van der Waals surface area contributed by atoms with E-state index in [2.05, 4.69) is 6.58 Å². The van der Waals surface area contributed by atoms with Gasteiger partial charge in [0.15, 0.2) is 11.3 Å². The zero-order valence-corrected chi connectivity index (χ0v) is 18.1. The molecule has 0 saturated heterocycles. The number of fused-ring (bicyclic) bond motifs is 1. The third kappa shape index (κ3) is 6.03. The van der Waals surface area contributed by atoms with Crippen molar-refractivity contribution in [3.05, 3.63) is 89.4 Å². The predicted octanol–water partition coefficient (Wildman–Crippen LogP) is 6.71. The number of benzene rings is 2. The second kappa shape index (κ2) is 10.5. The highest BCUT2D eigenvalue weighted by Crippen LogP contribution is 2.41. The minimum absolute atomic E-state index is 0.268. The Hall–Kier alpha value is -3.44. The molecule has 0 N–H and O–H groups in total. The summed E-state index contributed by atoms with van der Waals surface area (Å²) in [4.78, 5) is 11.9. The van der Waals surface area contributed by atoms with Crippen LogP contribution in [0.25, 0.3) is 17.0 Å². The number of carbonyl (C=O) groups excluding carboxylic acids is 1. The van der Waals surface area contributed by atoms with E-state index in [0.717, 1.165) is 16.5 Å². The molecule has 31 heavy (non-hydrogen) atoms. The molecule has 0 bridgehead atoms. The largest absolute Gasteiger partial charge is 0.484 e. The highest BCUT2D eigenvalue weighted by Gasteiger charge is 2.18. The summed E-state index contributed by atoms with van der Waals surface area (Å²) < 4.78 is 22.7. The van der Waals surface area contributed by atoms with Crippen LogP contribution in [0.2, 0.25) is 5.02 Å². The number of ether oxygens (including phenoxy) is 3. The Bertz CT molecular complexity index is 1120. The molecule has 6 heteroatoms. The van der Waals surface area contributed by atoms with Gasteiger partial charge in [0.25, 0.3) is 0 Å². The Morgan fingerprint density at radius 1 is 1.16 bits per heavy atom. The topological polar surface area (TPSA) is 57.9 Å². The molecule has 1 heterocycles. The molecule has 2 aromatic carbocycles. The molecule has 160 valence electrons. The zero-order valence-electron chi connectivity index (χ0n) is 17.4. The number of carbonyl (C=O) groups is 1. The number of furan rings is 1. The summed E-state index contributed by atoms with van der Waals surface area (Å²) in [6.07, 6.45) is 7.82. The Balaban J connectivity index is 2.03. The van der Waals surface area contributed by atoms with Crippen molar-refractivity contribution in [2.45, 2.75) is 20.5 Å². The second-order valence-corrected chi connectivity index (χ2v) is 7.17. The van der Waals surface area contributed by atoms with Gasteiger partial charge in [-0.25, -0.2) is 4.79 Å². The van der Waals surface area contributed by atoms with Crippen LogP contribution >= 0.6 is 11.6 Å². The van der Waals surface area contributed by atoms with Crippen LogP contribution in [0.3, 0.4) is 0 Å². The van der Waals surface area contributed by atoms with Gasteiger partial charge in [0.1, 0.15) is 6.61 Å². The Labute approximate surface area is 186 Å². The number of allylic oxidation sites excluding steroid dienone is 2. The minimum atomic E-state index is -0.442. The molecule has 3 rings (SSSR count). The van der Waals surface area contributed by atoms with E-state index < -0.39 is 5.97 Å². The van der Waals surface area contributed by atoms with Crippen molar-refractivity contribution < 1.29 is 23.4 Å². The van der Waals surface area contributed by atoms with Crippen molar-refractivity contribution in [3.8, 4) is 11.5 Å². The van der Waals surface area contributed by atoms with Gasteiger partial charge in [-0.1, -0.05) is 35.9 Å². The summed E-state index contributed by atoms with van der Waals surface area (Å²) >= 11 is 5.97. The van der Waals surface area contributed by atoms with E-state index in [4.69, 9.17) is 30.2 Å². The molecule has 5 nitrogen and oxygen atoms in total. The maximum atomic E-state index is 11.9. The van der Waals surface area contributed by atoms with Gasteiger partial charge >= 0.3 is 5.97 Å². The molecule has 0 aliphatic carbocycles. The van der Waals surface area contributed by atoms with Gasteiger partial charge in [-0.2, -0.15) is 0 Å². The van der Waals surface area contributed by atoms with Crippen LogP contribution < -0.4 is 9.47 Å². The summed E-state index contributed by atoms with van der Waals surface area (Å²) in [6.45, 7) is 8.01. The van der Waals surface area contributed by atoms with E-state index in [0.29, 0.717) is 34.3 Å². The fourth-order valence-electron chi connectivity index (χ4n) is 2.77. The first-order valence-corrected chi connectivity index (χ1v) is 10.1. The van der Waals surface area contributed by atoms with E-state index >= 15 is 0 Å². The molecular weight excluding hydrogens is 416 g/mol. The van der Waals surface area contributed by atoms with Gasteiger partial charge in [-0.15, -0.1) is 0 Å². The monoisotopic (exact) mass is 438 g/mol. The van der Waals surface area contributed by atoms with E-state index in [-0.39, 0.29) is 6.61 Å². The van der Waals surface area contributed by atoms with Crippen LogP contribution in [-0.4, -0.2) is 12.6 Å². The normalized spacial score (nSPS) is 11.3. The fourth-order valence-corrected chi connectivity index (χ4v) is 2.89. The average Bonchev–Trinajstić information content (AvgIpc) is 3.21. The van der Waals surface area contributed by atoms with Gasteiger partial charge in [0.05, 0.1) is 19.1 Å². The third-order valence-electron chi connectivity index (χ3n) is 4.20. The van der Waals surface area contributed by atoms with Crippen LogP contribution in [-0.2, 0) is 16.1 Å². The molecule has 0 amide bonds. The summed E-state index contributed by atoms with van der Waals surface area (Å²) in [6, 6.07) is 11.0. The van der Waals surface area contributed by atoms with E-state index in [9.17, 15) is 4.79 Å². The number of rotatable bonds is 9. The summed E-state index contributed by atoms with van der Waals surface area (Å²) in [5, 5.41) is 1.45. The molecule has 1 aromatic heterocycles. The highest BCUT2D eigenvalue weighted by molar-refractivity contribution is 6.30. The molecule has 0 saturated carbocycles. The second-order valence-electron chi connectivity index (χ2n) is 6.73. The van der Waals surface area contributed by atoms with Gasteiger partial charge in [-0.3, -0.25) is 0 Å². The first-order chi connectivity index (χ1) is 15.0. The lowest BCUT2D eigenvalue weighted by Gasteiger charge is -2.14. The number of hydrogen-bond donors (Lipinski definition) is 0. The van der Waals surface area contributed by atoms with Crippen LogP contribution in [0, 0.1) is 0 Å². The molecule has 0 fully saturated rings. The molecule has 0 unspecified atom stereocenters. The highest BCUT2D eigenvalue weighted by atomic mass is 35.5. The molecule has 0 spiro atoms. The number of halogens is 1. The van der Waals surface area contributed by atoms with Crippen molar-refractivity contribution in [2.75, 3.05) is 6.61 Å². The summed E-state index contributed by atoms with van der Waals surface area (Å²) in [5.41, 5.74) is 2.94. The number of esters is 1. The van der Waals surface area contributed by atoms with Crippen molar-refractivity contribution in [2.24, 2.45) is 0 Å². The maximum absolute atomic E-state index is 11.9. The maximum Gasteiger partial charge on any atom is 0.330 e. The molecule has 3 aromatic rings. The standard InChI is InChI=1S/C25H23ClO5/c1-4-28-22(27)10-7-19-15-20-12-14-29-23(20)25(30-13-11-17(2)3)24(19)31-16-18-5-8-21(26)9-6-18/h5-15H,2,4,16H2,1,3H3/b10-7+,13-11?. The van der Waals surface area contributed by atoms with Crippen molar-refractivity contribution in [3.63, 3.8) is 0 Å². The van der Waals surface area contributed by atoms with Gasteiger partial charge < -0.3 is 18.6 Å². The van der Waals surface area contributed by atoms with Crippen molar-refractivity contribution >= 4 is 34.6 Å². The Morgan fingerprint density at radius 2 is 1.94 bits per heavy atom. The zero-order chi connectivity index (χ0) is 22.2. The average molecular weight is 439 g/mol. The lowest BCUT2D eigenvalue weighted by Crippen LogP contribution is -2.01. The van der Waals surface area contributed by atoms with Crippen molar-refractivity contribution in [1.82, 2.24) is 0 Å². The molecule has 0 radical (unpaired) electrons. The minimum Gasteiger partial charge on any atom is -0.484 e. The predicted molar refractivity (Wildman–Crippen MR) is 122 cm³/mol. The number of hydrogen-bond acceptors (Lipinski definition) is 5. The van der Waals surface area contributed by atoms with Crippen LogP contribution in [0.5, 0.6) is 11.5 Å². The van der Waals surface area contributed by atoms with Gasteiger partial charge in [0, 0.05) is 22.0 Å².